The third kappa shape index (κ3) is 29.0. The van der Waals surface area contributed by atoms with E-state index in [1.165, 1.54) is 36.4 Å². The van der Waals surface area contributed by atoms with E-state index in [4.69, 9.17) is 20.6 Å². The molecule has 0 spiro atoms. The molecule has 632 valence electrons. The van der Waals surface area contributed by atoms with Gasteiger partial charge >= 0.3 is 151 Å². The third-order valence-electron chi connectivity index (χ3n) is 15.3. The molecule has 0 amide bonds. The van der Waals surface area contributed by atoms with Crippen LogP contribution in [0.3, 0.4) is 0 Å². The van der Waals surface area contributed by atoms with Gasteiger partial charge in [0.1, 0.15) is 68.6 Å². The molecule has 12 N–H and O–H groups in total. The zero-order valence-corrected chi connectivity index (χ0v) is 78.2. The molecule has 10 rings (SSSR count). The van der Waals surface area contributed by atoms with Gasteiger partial charge in [0, 0.05) is 47.3 Å². The van der Waals surface area contributed by atoms with Crippen LogP contribution in [0.1, 0.15) is 0 Å². The Kier molecular flexibility index (Phi) is 35.9. The van der Waals surface area contributed by atoms with Crippen LogP contribution in [-0.4, -0.2) is 205 Å². The van der Waals surface area contributed by atoms with Crippen LogP contribution >= 0.6 is 0 Å². The first-order chi connectivity index (χ1) is 54.4. The van der Waals surface area contributed by atoms with Crippen molar-refractivity contribution in [3.63, 3.8) is 0 Å². The Morgan fingerprint density at radius 2 is 0.803 bits per heavy atom. The van der Waals surface area contributed by atoms with Crippen molar-refractivity contribution in [1.29, 1.82) is 0 Å². The number of anilines is 10. The SMILES string of the molecule is Nc1c(S(=O)(=O)O)cc2cc(S(=O)(=O)O)cc(O)c2c1N=Nc1ccc(Nc2nc(F)nc(N(CCS(=O)(=O)CCOS(=O)(=O)O)c3ccccc3)n2)cc1S(=O)(=O)O.Nc1c(S(=O)(=O)[O-])cc2cc(S(=O)(=O)[O-])cc([O-])c2c1N=Nc1ccc(Nc2nc(F)nc(N(CCS(=O)(=O)CCOS(=O)(=O)O)c3ccccc3)n2)cc1S(=O)(=O)[O-].[Na+].[Na+].[Na+].[Na+]. The van der Waals surface area contributed by atoms with Gasteiger partial charge in [-0.05, 0) is 95.7 Å². The number of aromatic hydroxyl groups is 1. The number of phenols is 1. The van der Waals surface area contributed by atoms with Crippen LogP contribution < -0.4 is 155 Å². The summed E-state index contributed by atoms with van der Waals surface area (Å²) in [4.78, 5) is 18.2. The maximum absolute atomic E-state index is 14.9. The molecule has 0 unspecified atom stereocenters. The molecular weight excluding hydrogens is 1880 g/mol. The number of hydrogen-bond donors (Lipinski definition) is 10. The largest absolute Gasteiger partial charge is 1.00 e. The second-order valence-corrected chi connectivity index (χ2v) is 38.4. The van der Waals surface area contributed by atoms with E-state index in [2.05, 4.69) is 69.4 Å². The fraction of sp³-hybridized carbons (Fsp3) is 0.138. The number of phenolic OH excluding ortho intramolecular Hbond substituents is 1. The predicted octanol–water partition coefficient (Wildman–Crippen LogP) is -8.20. The summed E-state index contributed by atoms with van der Waals surface area (Å²) in [6.07, 6.45) is -2.85. The fourth-order valence-corrected chi connectivity index (χ4v) is 16.6. The molecule has 0 radical (unpaired) electrons. The molecule has 0 saturated carbocycles. The fourth-order valence-electron chi connectivity index (χ4n) is 10.2. The van der Waals surface area contributed by atoms with Gasteiger partial charge in [-0.2, -0.15) is 80.8 Å². The Bertz CT molecular complexity index is 6580. The van der Waals surface area contributed by atoms with E-state index in [0.717, 1.165) is 40.1 Å². The summed E-state index contributed by atoms with van der Waals surface area (Å²) in [5.74, 6) is -7.45. The number of nitrogens with two attached hydrogens (primary N) is 2. The van der Waals surface area contributed by atoms with Crippen molar-refractivity contribution in [2.75, 3.05) is 81.2 Å². The molecule has 0 atom stereocenters. The topological polar surface area (TPSA) is 783 Å². The van der Waals surface area contributed by atoms with E-state index in [0.29, 0.717) is 42.5 Å². The molecule has 8 aromatic carbocycles. The summed E-state index contributed by atoms with van der Waals surface area (Å²) in [7, 11) is -49.6. The Hall–Kier alpha value is -7.14. The number of fused-ring (bicyclic) bond motifs is 2. The molecular formula is C58H50F2N16Na4O32S10. The number of rotatable bonds is 32. The Morgan fingerprint density at radius 1 is 0.418 bits per heavy atom. The van der Waals surface area contributed by atoms with Crippen LogP contribution in [-0.2, 0) is 110 Å². The first-order valence-electron chi connectivity index (χ1n) is 31.2. The molecule has 64 heteroatoms. The molecule has 122 heavy (non-hydrogen) atoms. The molecule has 0 saturated heterocycles. The van der Waals surface area contributed by atoms with Crippen molar-refractivity contribution in [3.8, 4) is 11.5 Å². The van der Waals surface area contributed by atoms with Crippen LogP contribution in [0.4, 0.5) is 89.4 Å². The molecule has 48 nitrogen and oxygen atoms in total. The standard InChI is InChI=1S/2C29H27FN8O16S5.4Na/c2*30-27-33-28(35-29(34-27)38(18-4-2-1-3-5-18)8-10-55(40,41)11-9-54-59(51,52)53)32-17-6-7-20(22(14-17)57(45,46)47)36-37-26-24-16(13-23(25(26)31)58(48,49)50)12-19(15-21(24)39)56(42,43)44;;;;/h2*1-7,12-15,39H,8-11,31H2,(H,42,43,44)(H,45,46,47)(H,48,49,50)(H,51,52,53)(H,32,33,34,35);;;;/q;;4*+1/p-4. The van der Waals surface area contributed by atoms with Gasteiger partial charge in [-0.1, -0.05) is 48.2 Å². The summed E-state index contributed by atoms with van der Waals surface area (Å²) in [5, 5.41) is 41.0. The number of azo groups is 2. The van der Waals surface area contributed by atoms with Crippen molar-refractivity contribution in [2.45, 2.75) is 29.4 Å². The number of aromatic nitrogens is 6. The van der Waals surface area contributed by atoms with Crippen LogP contribution in [0.5, 0.6) is 11.5 Å². The quantitative estimate of drug-likeness (QED) is 0.00810. The molecule has 0 aliphatic rings. The van der Waals surface area contributed by atoms with Crippen LogP contribution in [0, 0.1) is 12.2 Å². The van der Waals surface area contributed by atoms with Crippen molar-refractivity contribution >= 4 is 203 Å². The molecule has 2 aromatic heterocycles. The van der Waals surface area contributed by atoms with Gasteiger partial charge in [-0.3, -0.25) is 22.8 Å². The van der Waals surface area contributed by atoms with Gasteiger partial charge in [0.2, 0.25) is 23.8 Å². The van der Waals surface area contributed by atoms with Gasteiger partial charge in [0.15, 0.2) is 19.7 Å². The number of hydrogen-bond acceptors (Lipinski definition) is 43. The third-order valence-corrected chi connectivity index (χ3v) is 24.5. The minimum atomic E-state index is -5.50. The van der Waals surface area contributed by atoms with Crippen molar-refractivity contribution in [2.24, 2.45) is 20.5 Å². The van der Waals surface area contributed by atoms with Crippen molar-refractivity contribution in [1.82, 2.24) is 29.9 Å². The molecule has 0 aliphatic heterocycles. The minimum Gasteiger partial charge on any atom is -0.872 e. The van der Waals surface area contributed by atoms with E-state index in [1.807, 2.05) is 0 Å². The summed E-state index contributed by atoms with van der Waals surface area (Å²) in [5.41, 5.74) is 6.73. The second-order valence-electron chi connectivity index (χ2n) is 23.4. The first kappa shape index (κ1) is 105. The summed E-state index contributed by atoms with van der Waals surface area (Å²) >= 11 is 0. The van der Waals surface area contributed by atoms with Gasteiger partial charge in [0.05, 0.1) is 72.6 Å². The van der Waals surface area contributed by atoms with Crippen molar-refractivity contribution in [3.05, 3.63) is 146 Å². The van der Waals surface area contributed by atoms with Gasteiger partial charge in [-0.25, -0.2) is 50.5 Å². The monoisotopic (exact) mass is 1930 g/mol. The maximum atomic E-state index is 14.9. The van der Waals surface area contributed by atoms with E-state index >= 15 is 0 Å². The zero-order valence-electron chi connectivity index (χ0n) is 62.0. The number of para-hydroxylation sites is 2. The number of nitrogen functional groups attached to an aromatic ring is 2. The normalized spacial score (nSPS) is 12.5. The van der Waals surface area contributed by atoms with E-state index in [-0.39, 0.29) is 141 Å². The average Bonchev–Trinajstić information content (AvgIpc) is 0.752. The number of benzene rings is 8. The Morgan fingerprint density at radius 3 is 1.20 bits per heavy atom. The maximum Gasteiger partial charge on any atom is 1.00 e. The zero-order chi connectivity index (χ0) is 87.4. The second kappa shape index (κ2) is 41.5. The predicted molar refractivity (Wildman–Crippen MR) is 398 cm³/mol. The van der Waals surface area contributed by atoms with E-state index in [1.54, 1.807) is 24.3 Å². The van der Waals surface area contributed by atoms with E-state index < -0.39 is 283 Å². The van der Waals surface area contributed by atoms with Crippen molar-refractivity contribution < 1.29 is 266 Å². The Balaban J connectivity index is 0.000000420. The number of nitrogens with one attached hydrogen (secondary N) is 2. The molecule has 0 aliphatic carbocycles. The van der Waals surface area contributed by atoms with Gasteiger partial charge < -0.3 is 55.8 Å². The number of sulfone groups is 2. The van der Waals surface area contributed by atoms with E-state index in [9.17, 15) is 130 Å². The molecule has 0 bridgehead atoms. The van der Waals surface area contributed by atoms with Gasteiger partial charge in [0.25, 0.3) is 30.4 Å². The summed E-state index contributed by atoms with van der Waals surface area (Å²) in [6, 6.07) is 23.9. The minimum absolute atomic E-state index is 0. The summed E-state index contributed by atoms with van der Waals surface area (Å²) < 4.78 is 359. The smallest absolute Gasteiger partial charge is 0.872 e. The van der Waals surface area contributed by atoms with Crippen LogP contribution in [0.15, 0.2) is 183 Å². The van der Waals surface area contributed by atoms with Crippen LogP contribution in [0.25, 0.3) is 21.5 Å². The average molecular weight is 1930 g/mol. The number of halogens is 2. The number of nitrogens with zero attached hydrogens (tertiary/aromatic N) is 12. The molecule has 10 aromatic rings. The molecule has 0 fully saturated rings. The first-order valence-corrected chi connectivity index (χ1v) is 46.1. The van der Waals surface area contributed by atoms with Crippen LogP contribution in [0.2, 0.25) is 0 Å². The Labute approximate surface area is 778 Å². The van der Waals surface area contributed by atoms with Gasteiger partial charge in [-0.15, -0.1) is 20.5 Å². The summed E-state index contributed by atoms with van der Waals surface area (Å²) in [6.45, 7) is -2.72. The molecule has 2 heterocycles.